The van der Waals surface area contributed by atoms with Crippen molar-refractivity contribution in [3.05, 3.63) is 16.1 Å². The molecule has 5 nitrogen and oxygen atoms in total. The van der Waals surface area contributed by atoms with Gasteiger partial charge in [0.05, 0.1) is 17.2 Å². The summed E-state index contributed by atoms with van der Waals surface area (Å²) >= 11 is 1.75. The van der Waals surface area contributed by atoms with Crippen molar-refractivity contribution in [1.82, 2.24) is 20.5 Å². The second kappa shape index (κ2) is 6.75. The standard InChI is InChI=1S/C15H25N5S/c1-11-7-16-15(18-11)17-8-13-3-5-20(6-4-13)9-14-10-21-12(2)19-14/h10-11,13H,3-9H2,1-2H3,(H2,16,17,18). The molecule has 1 atom stereocenters. The van der Waals surface area contributed by atoms with Crippen LogP contribution >= 0.6 is 11.3 Å². The fourth-order valence-electron chi connectivity index (χ4n) is 2.96. The Morgan fingerprint density at radius 2 is 2.24 bits per heavy atom. The first-order valence-electron chi connectivity index (χ1n) is 7.87. The summed E-state index contributed by atoms with van der Waals surface area (Å²) in [7, 11) is 0. The highest BCUT2D eigenvalue weighted by Gasteiger charge is 2.21. The minimum absolute atomic E-state index is 0.482. The highest BCUT2D eigenvalue weighted by molar-refractivity contribution is 7.09. The van der Waals surface area contributed by atoms with Crippen LogP contribution in [0.4, 0.5) is 0 Å². The molecule has 1 aromatic heterocycles. The maximum atomic E-state index is 4.56. The van der Waals surface area contributed by atoms with Gasteiger partial charge in [-0.15, -0.1) is 11.3 Å². The van der Waals surface area contributed by atoms with E-state index in [0.717, 1.165) is 31.5 Å². The van der Waals surface area contributed by atoms with Gasteiger partial charge in [-0.25, -0.2) is 4.98 Å². The Labute approximate surface area is 130 Å². The zero-order chi connectivity index (χ0) is 14.7. The molecule has 0 bridgehead atoms. The zero-order valence-corrected chi connectivity index (χ0v) is 13.7. The fraction of sp³-hybridized carbons (Fsp3) is 0.733. The molecule has 1 aromatic rings. The number of piperidine rings is 1. The van der Waals surface area contributed by atoms with Crippen LogP contribution < -0.4 is 10.6 Å². The molecule has 0 saturated carbocycles. The molecule has 2 N–H and O–H groups in total. The van der Waals surface area contributed by atoms with Crippen LogP contribution in [0.15, 0.2) is 10.4 Å². The van der Waals surface area contributed by atoms with Crippen molar-refractivity contribution in [3.63, 3.8) is 0 Å². The predicted molar refractivity (Wildman–Crippen MR) is 87.8 cm³/mol. The molecular formula is C15H25N5S. The van der Waals surface area contributed by atoms with Crippen molar-refractivity contribution in [2.75, 3.05) is 26.2 Å². The smallest absolute Gasteiger partial charge is 0.191 e. The molecule has 1 fully saturated rings. The summed E-state index contributed by atoms with van der Waals surface area (Å²) in [5.41, 5.74) is 1.23. The highest BCUT2D eigenvalue weighted by atomic mass is 32.1. The maximum Gasteiger partial charge on any atom is 0.191 e. The Kier molecular flexibility index (Phi) is 4.75. The number of aryl methyl sites for hydroxylation is 1. The van der Waals surface area contributed by atoms with E-state index in [1.807, 2.05) is 0 Å². The number of likely N-dealkylation sites (tertiary alicyclic amines) is 1. The van der Waals surface area contributed by atoms with Crippen LogP contribution in [0, 0.1) is 12.8 Å². The topological polar surface area (TPSA) is 52.6 Å². The van der Waals surface area contributed by atoms with E-state index in [1.165, 1.54) is 36.6 Å². The van der Waals surface area contributed by atoms with Gasteiger partial charge in [-0.3, -0.25) is 9.89 Å². The summed E-state index contributed by atoms with van der Waals surface area (Å²) in [5.74, 6) is 1.75. The number of hydrogen-bond donors (Lipinski definition) is 2. The van der Waals surface area contributed by atoms with Gasteiger partial charge in [0.25, 0.3) is 0 Å². The monoisotopic (exact) mass is 307 g/mol. The van der Waals surface area contributed by atoms with Gasteiger partial charge in [0.15, 0.2) is 5.96 Å². The van der Waals surface area contributed by atoms with Crippen LogP contribution in [0.2, 0.25) is 0 Å². The van der Waals surface area contributed by atoms with Crippen LogP contribution in [-0.2, 0) is 6.54 Å². The molecule has 3 rings (SSSR count). The largest absolute Gasteiger partial charge is 0.356 e. The molecule has 0 aliphatic carbocycles. The second-order valence-electron chi connectivity index (χ2n) is 6.19. The first-order chi connectivity index (χ1) is 10.2. The molecule has 2 aliphatic heterocycles. The molecule has 1 unspecified atom stereocenters. The van der Waals surface area contributed by atoms with E-state index in [-0.39, 0.29) is 0 Å². The van der Waals surface area contributed by atoms with Gasteiger partial charge < -0.3 is 10.6 Å². The molecule has 0 spiro atoms. The van der Waals surface area contributed by atoms with Crippen molar-refractivity contribution in [1.29, 1.82) is 0 Å². The Morgan fingerprint density at radius 1 is 1.43 bits per heavy atom. The molecule has 3 heterocycles. The van der Waals surface area contributed by atoms with Crippen molar-refractivity contribution >= 4 is 17.3 Å². The number of hydrogen-bond acceptors (Lipinski definition) is 6. The van der Waals surface area contributed by atoms with E-state index < -0.39 is 0 Å². The van der Waals surface area contributed by atoms with Crippen LogP contribution in [-0.4, -0.2) is 48.1 Å². The molecule has 21 heavy (non-hydrogen) atoms. The lowest BCUT2D eigenvalue weighted by Crippen LogP contribution is -2.42. The molecule has 1 saturated heterocycles. The summed E-state index contributed by atoms with van der Waals surface area (Å²) in [5, 5.41) is 10.2. The molecule has 6 heteroatoms. The molecule has 0 aromatic carbocycles. The maximum absolute atomic E-state index is 4.56. The zero-order valence-electron chi connectivity index (χ0n) is 12.9. The van der Waals surface area contributed by atoms with Crippen LogP contribution in [0.3, 0.4) is 0 Å². The SMILES string of the molecule is Cc1nc(CN2CCC(CNC3=NCC(C)N3)CC2)cs1. The van der Waals surface area contributed by atoms with E-state index in [9.17, 15) is 0 Å². The van der Waals surface area contributed by atoms with Crippen LogP contribution in [0.25, 0.3) is 0 Å². The molecule has 2 aliphatic rings. The van der Waals surface area contributed by atoms with Gasteiger partial charge in [-0.1, -0.05) is 0 Å². The van der Waals surface area contributed by atoms with Gasteiger partial charge in [0.2, 0.25) is 0 Å². The summed E-state index contributed by atoms with van der Waals surface area (Å²) in [4.78, 5) is 11.5. The van der Waals surface area contributed by atoms with Crippen LogP contribution in [0.5, 0.6) is 0 Å². The van der Waals surface area contributed by atoms with E-state index >= 15 is 0 Å². The number of guanidine groups is 1. The minimum Gasteiger partial charge on any atom is -0.356 e. The lowest BCUT2D eigenvalue weighted by Gasteiger charge is -2.31. The average molecular weight is 307 g/mol. The first-order valence-corrected chi connectivity index (χ1v) is 8.75. The number of thiazole rings is 1. The van der Waals surface area contributed by atoms with Crippen LogP contribution in [0.1, 0.15) is 30.5 Å². The van der Waals surface area contributed by atoms with Gasteiger partial charge in [0, 0.05) is 24.5 Å². The summed E-state index contributed by atoms with van der Waals surface area (Å²) < 4.78 is 0. The fourth-order valence-corrected chi connectivity index (χ4v) is 3.56. The lowest BCUT2D eigenvalue weighted by molar-refractivity contribution is 0.176. The number of nitrogens with one attached hydrogen (secondary N) is 2. The van der Waals surface area contributed by atoms with Crippen molar-refractivity contribution in [2.45, 2.75) is 39.3 Å². The van der Waals surface area contributed by atoms with Crippen molar-refractivity contribution in [2.24, 2.45) is 10.9 Å². The quantitative estimate of drug-likeness (QED) is 0.887. The summed E-state index contributed by atoms with van der Waals surface area (Å²) in [6.45, 7) is 9.55. The number of aliphatic imine (C=N–C) groups is 1. The van der Waals surface area contributed by atoms with E-state index in [1.54, 1.807) is 11.3 Å². The predicted octanol–water partition coefficient (Wildman–Crippen LogP) is 1.60. The van der Waals surface area contributed by atoms with Gasteiger partial charge in [0.1, 0.15) is 0 Å². The van der Waals surface area contributed by atoms with Crippen molar-refractivity contribution < 1.29 is 0 Å². The van der Waals surface area contributed by atoms with E-state index in [2.05, 4.69) is 44.7 Å². The third kappa shape index (κ3) is 4.17. The molecular weight excluding hydrogens is 282 g/mol. The third-order valence-electron chi connectivity index (χ3n) is 4.22. The minimum atomic E-state index is 0.482. The van der Waals surface area contributed by atoms with Gasteiger partial charge >= 0.3 is 0 Å². The third-order valence-corrected chi connectivity index (χ3v) is 5.05. The van der Waals surface area contributed by atoms with Crippen molar-refractivity contribution in [3.8, 4) is 0 Å². The number of rotatable bonds is 4. The van der Waals surface area contributed by atoms with Gasteiger partial charge in [-0.05, 0) is 45.7 Å². The molecule has 0 amide bonds. The summed E-state index contributed by atoms with van der Waals surface area (Å²) in [6.07, 6.45) is 2.53. The van der Waals surface area contributed by atoms with E-state index in [4.69, 9.17) is 0 Å². The Morgan fingerprint density at radius 3 is 2.86 bits per heavy atom. The number of aromatic nitrogens is 1. The number of nitrogens with zero attached hydrogens (tertiary/aromatic N) is 3. The normalized spacial score (nSPS) is 23.9. The Balaban J connectivity index is 1.37. The molecule has 116 valence electrons. The average Bonchev–Trinajstić information content (AvgIpc) is 3.07. The second-order valence-corrected chi connectivity index (χ2v) is 7.26. The summed E-state index contributed by atoms with van der Waals surface area (Å²) in [6, 6.07) is 0.482. The van der Waals surface area contributed by atoms with Gasteiger partial charge in [-0.2, -0.15) is 0 Å². The van der Waals surface area contributed by atoms with E-state index in [0.29, 0.717) is 6.04 Å². The Bertz CT molecular complexity index is 490. The molecule has 0 radical (unpaired) electrons. The first kappa shape index (κ1) is 14.8. The lowest BCUT2D eigenvalue weighted by atomic mass is 9.97. The highest BCUT2D eigenvalue weighted by Crippen LogP contribution is 2.19. The Hall–Kier alpha value is -1.14.